The van der Waals surface area contributed by atoms with Gasteiger partial charge in [-0.1, -0.05) is 34.8 Å². The number of anilines is 1. The first-order valence-electron chi connectivity index (χ1n) is 5.11. The van der Waals surface area contributed by atoms with Crippen molar-refractivity contribution in [2.75, 3.05) is 12.8 Å². The number of halogens is 3. The fourth-order valence-electron chi connectivity index (χ4n) is 1.66. The third kappa shape index (κ3) is 2.51. The number of hydrogen-bond donors (Lipinski definition) is 1. The van der Waals surface area contributed by atoms with Crippen LogP contribution in [0.5, 0.6) is 5.75 Å². The Morgan fingerprint density at radius 2 is 1.61 bits per heavy atom. The summed E-state index contributed by atoms with van der Waals surface area (Å²) in [6, 6.07) is 8.56. The molecule has 0 saturated carbocycles. The summed E-state index contributed by atoms with van der Waals surface area (Å²) >= 11 is 18.3. The SMILES string of the molecule is COc1cc(Cl)c(-c2cc(Cl)ccc2Cl)cc1N. The van der Waals surface area contributed by atoms with Gasteiger partial charge in [-0.05, 0) is 24.3 Å². The Morgan fingerprint density at radius 3 is 2.28 bits per heavy atom. The van der Waals surface area contributed by atoms with E-state index in [1.54, 1.807) is 30.3 Å². The lowest BCUT2D eigenvalue weighted by Gasteiger charge is -2.11. The molecule has 0 aromatic heterocycles. The highest BCUT2D eigenvalue weighted by Crippen LogP contribution is 2.39. The molecule has 2 aromatic carbocycles. The quantitative estimate of drug-likeness (QED) is 0.800. The van der Waals surface area contributed by atoms with Gasteiger partial charge in [0, 0.05) is 27.2 Å². The van der Waals surface area contributed by atoms with Crippen molar-refractivity contribution in [3.63, 3.8) is 0 Å². The van der Waals surface area contributed by atoms with Gasteiger partial charge in [0.2, 0.25) is 0 Å². The molecule has 2 N–H and O–H groups in total. The molecule has 2 aromatic rings. The summed E-state index contributed by atoms with van der Waals surface area (Å²) in [4.78, 5) is 0. The molecule has 0 amide bonds. The van der Waals surface area contributed by atoms with Crippen molar-refractivity contribution in [1.82, 2.24) is 0 Å². The van der Waals surface area contributed by atoms with E-state index in [2.05, 4.69) is 0 Å². The van der Waals surface area contributed by atoms with Gasteiger partial charge in [0.25, 0.3) is 0 Å². The molecule has 0 aliphatic heterocycles. The highest BCUT2D eigenvalue weighted by atomic mass is 35.5. The lowest BCUT2D eigenvalue weighted by atomic mass is 10.0. The summed E-state index contributed by atoms with van der Waals surface area (Å²) in [5.74, 6) is 0.530. The zero-order valence-electron chi connectivity index (χ0n) is 9.51. The summed E-state index contributed by atoms with van der Waals surface area (Å²) in [5, 5.41) is 1.65. The molecular weight excluding hydrogens is 293 g/mol. The molecule has 2 rings (SSSR count). The molecule has 2 nitrogen and oxygen atoms in total. The van der Waals surface area contributed by atoms with Crippen LogP contribution >= 0.6 is 34.8 Å². The minimum Gasteiger partial charge on any atom is -0.495 e. The second-order valence-electron chi connectivity index (χ2n) is 3.70. The van der Waals surface area contributed by atoms with Crippen molar-refractivity contribution >= 4 is 40.5 Å². The van der Waals surface area contributed by atoms with Crippen LogP contribution in [0.1, 0.15) is 0 Å². The summed E-state index contributed by atoms with van der Waals surface area (Å²) < 4.78 is 5.10. The van der Waals surface area contributed by atoms with Crippen molar-refractivity contribution in [1.29, 1.82) is 0 Å². The van der Waals surface area contributed by atoms with Crippen LogP contribution in [0.25, 0.3) is 11.1 Å². The van der Waals surface area contributed by atoms with Gasteiger partial charge in [0.05, 0.1) is 17.8 Å². The molecule has 0 aliphatic rings. The monoisotopic (exact) mass is 301 g/mol. The number of methoxy groups -OCH3 is 1. The van der Waals surface area contributed by atoms with Crippen LogP contribution in [0.4, 0.5) is 5.69 Å². The van der Waals surface area contributed by atoms with Gasteiger partial charge in [-0.2, -0.15) is 0 Å². The molecule has 0 atom stereocenters. The molecule has 5 heteroatoms. The predicted octanol–water partition coefficient (Wildman–Crippen LogP) is 4.90. The van der Waals surface area contributed by atoms with Crippen molar-refractivity contribution in [3.8, 4) is 16.9 Å². The first-order valence-corrected chi connectivity index (χ1v) is 6.24. The maximum atomic E-state index is 6.20. The number of ether oxygens (including phenoxy) is 1. The van der Waals surface area contributed by atoms with Gasteiger partial charge in [0.1, 0.15) is 5.75 Å². The first-order chi connectivity index (χ1) is 8.52. The zero-order chi connectivity index (χ0) is 13.3. The number of rotatable bonds is 2. The first kappa shape index (κ1) is 13.3. The Hall–Kier alpha value is -1.09. The molecule has 94 valence electrons. The molecule has 18 heavy (non-hydrogen) atoms. The topological polar surface area (TPSA) is 35.2 Å². The highest BCUT2D eigenvalue weighted by molar-refractivity contribution is 6.37. The van der Waals surface area contributed by atoms with Crippen molar-refractivity contribution in [2.45, 2.75) is 0 Å². The summed E-state index contributed by atoms with van der Waals surface area (Å²) in [6.45, 7) is 0. The van der Waals surface area contributed by atoms with E-state index in [-0.39, 0.29) is 0 Å². The normalized spacial score (nSPS) is 10.4. The highest BCUT2D eigenvalue weighted by Gasteiger charge is 2.12. The van der Waals surface area contributed by atoms with Crippen molar-refractivity contribution < 1.29 is 4.74 Å². The minimum atomic E-state index is 0.493. The van der Waals surface area contributed by atoms with E-state index in [9.17, 15) is 0 Å². The Kier molecular flexibility index (Phi) is 3.91. The number of hydrogen-bond acceptors (Lipinski definition) is 2. The Balaban J connectivity index is 2.64. The molecule has 0 spiro atoms. The fourth-order valence-corrected chi connectivity index (χ4v) is 2.31. The number of benzene rings is 2. The van der Waals surface area contributed by atoms with Crippen LogP contribution < -0.4 is 10.5 Å². The van der Waals surface area contributed by atoms with Gasteiger partial charge in [-0.3, -0.25) is 0 Å². The molecule has 0 radical (unpaired) electrons. The van der Waals surface area contributed by atoms with Gasteiger partial charge < -0.3 is 10.5 Å². The number of nitrogens with two attached hydrogens (primary N) is 1. The van der Waals surface area contributed by atoms with Gasteiger partial charge >= 0.3 is 0 Å². The second kappa shape index (κ2) is 5.27. The lowest BCUT2D eigenvalue weighted by molar-refractivity contribution is 0.417. The van der Waals surface area contributed by atoms with Crippen LogP contribution in [0.15, 0.2) is 30.3 Å². The van der Waals surface area contributed by atoms with E-state index >= 15 is 0 Å². The molecule has 0 aliphatic carbocycles. The van der Waals surface area contributed by atoms with Crippen LogP contribution in [-0.4, -0.2) is 7.11 Å². The van der Waals surface area contributed by atoms with E-state index < -0.39 is 0 Å². The molecule has 0 saturated heterocycles. The molecule has 0 heterocycles. The average molecular weight is 303 g/mol. The summed E-state index contributed by atoms with van der Waals surface area (Å²) in [7, 11) is 1.54. The van der Waals surface area contributed by atoms with Crippen molar-refractivity contribution in [2.24, 2.45) is 0 Å². The number of nitrogen functional groups attached to an aromatic ring is 1. The van der Waals surface area contributed by atoms with Gasteiger partial charge in [0.15, 0.2) is 0 Å². The lowest BCUT2D eigenvalue weighted by Crippen LogP contribution is -1.94. The molecule has 0 bridgehead atoms. The van der Waals surface area contributed by atoms with Gasteiger partial charge in [-0.25, -0.2) is 0 Å². The van der Waals surface area contributed by atoms with E-state index in [1.165, 1.54) is 7.11 Å². The van der Waals surface area contributed by atoms with Crippen LogP contribution in [-0.2, 0) is 0 Å². The zero-order valence-corrected chi connectivity index (χ0v) is 11.8. The van der Waals surface area contributed by atoms with Crippen LogP contribution in [0.3, 0.4) is 0 Å². The van der Waals surface area contributed by atoms with Crippen molar-refractivity contribution in [3.05, 3.63) is 45.4 Å². The van der Waals surface area contributed by atoms with E-state index in [1.807, 2.05) is 0 Å². The van der Waals surface area contributed by atoms with E-state index in [0.717, 1.165) is 11.1 Å². The Labute approximate surface area is 120 Å². The van der Waals surface area contributed by atoms with Crippen LogP contribution in [0, 0.1) is 0 Å². The second-order valence-corrected chi connectivity index (χ2v) is 4.95. The average Bonchev–Trinajstić information content (AvgIpc) is 2.35. The molecular formula is C13H10Cl3NO. The maximum absolute atomic E-state index is 6.20. The van der Waals surface area contributed by atoms with Gasteiger partial charge in [-0.15, -0.1) is 0 Å². The Morgan fingerprint density at radius 1 is 0.944 bits per heavy atom. The van der Waals surface area contributed by atoms with E-state index in [0.29, 0.717) is 26.5 Å². The molecule has 0 unspecified atom stereocenters. The largest absolute Gasteiger partial charge is 0.495 e. The maximum Gasteiger partial charge on any atom is 0.143 e. The third-order valence-electron chi connectivity index (χ3n) is 2.54. The predicted molar refractivity (Wildman–Crippen MR) is 77.9 cm³/mol. The third-order valence-corrected chi connectivity index (χ3v) is 3.42. The van der Waals surface area contributed by atoms with E-state index in [4.69, 9.17) is 45.3 Å². The summed E-state index contributed by atoms with van der Waals surface area (Å²) in [5.41, 5.74) is 7.82. The summed E-state index contributed by atoms with van der Waals surface area (Å²) in [6.07, 6.45) is 0. The van der Waals surface area contributed by atoms with Crippen LogP contribution in [0.2, 0.25) is 15.1 Å². The smallest absolute Gasteiger partial charge is 0.143 e. The minimum absolute atomic E-state index is 0.493. The Bertz CT molecular complexity index is 599. The fraction of sp³-hybridized carbons (Fsp3) is 0.0769. The molecule has 0 fully saturated rings. The standard InChI is InChI=1S/C13H10Cl3NO/c1-18-13-6-11(16)9(5-12(13)17)8-4-7(14)2-3-10(8)15/h2-6H,17H2,1H3.